The minimum Gasteiger partial charge on any atom is -0.508 e. The molecule has 0 aliphatic heterocycles. The molecular weight excluding hydrogens is 250 g/mol. The lowest BCUT2D eigenvalue weighted by Gasteiger charge is -2.25. The summed E-state index contributed by atoms with van der Waals surface area (Å²) in [5.41, 5.74) is 7.78. The van der Waals surface area contributed by atoms with Crippen LogP contribution in [0.25, 0.3) is 0 Å². The van der Waals surface area contributed by atoms with Crippen molar-refractivity contribution < 1.29 is 10.2 Å². The fourth-order valence-corrected chi connectivity index (χ4v) is 2.72. The smallest absolute Gasteiger partial charge is 0.120 e. The van der Waals surface area contributed by atoms with E-state index in [2.05, 4.69) is 0 Å². The normalized spacial score (nSPS) is 19.3. The van der Waals surface area contributed by atoms with E-state index in [4.69, 9.17) is 5.73 Å². The lowest BCUT2D eigenvalue weighted by atomic mass is 9.90. The molecule has 1 aromatic rings. The van der Waals surface area contributed by atoms with Gasteiger partial charge in [-0.1, -0.05) is 30.5 Å². The minimum atomic E-state index is -0.551. The van der Waals surface area contributed by atoms with Gasteiger partial charge >= 0.3 is 0 Å². The van der Waals surface area contributed by atoms with Crippen LogP contribution in [0.1, 0.15) is 42.9 Å². The number of aliphatic hydroxyl groups is 1. The van der Waals surface area contributed by atoms with Crippen molar-refractivity contribution in [2.24, 2.45) is 11.7 Å². The quantitative estimate of drug-likeness (QED) is 0.792. The average molecular weight is 272 g/mol. The number of aryl methyl sites for hydroxylation is 1. The first kappa shape index (κ1) is 15.3. The monoisotopic (exact) mass is 271 g/mol. The van der Waals surface area contributed by atoms with Crippen molar-refractivity contribution in [3.63, 3.8) is 0 Å². The number of hydrogen-bond donors (Lipinski definition) is 3. The van der Waals surface area contributed by atoms with E-state index in [-0.39, 0.29) is 24.1 Å². The second-order valence-electron chi connectivity index (χ2n) is 5.12. The van der Waals surface area contributed by atoms with Crippen molar-refractivity contribution in [2.45, 2.75) is 44.8 Å². The lowest BCUT2D eigenvalue weighted by Crippen LogP contribution is -2.32. The van der Waals surface area contributed by atoms with Crippen LogP contribution in [0.5, 0.6) is 5.75 Å². The Hall–Kier alpha value is -0.770. The lowest BCUT2D eigenvalue weighted by molar-refractivity contribution is 0.0836. The Morgan fingerprint density at radius 3 is 2.50 bits per heavy atom. The molecule has 0 amide bonds. The first-order valence-corrected chi connectivity index (χ1v) is 6.33. The molecular formula is C14H22ClNO2. The molecule has 0 spiro atoms. The van der Waals surface area contributed by atoms with Gasteiger partial charge in [-0.05, 0) is 31.7 Å². The van der Waals surface area contributed by atoms with E-state index >= 15 is 0 Å². The molecule has 4 N–H and O–H groups in total. The Morgan fingerprint density at radius 2 is 1.89 bits per heavy atom. The fraction of sp³-hybridized carbons (Fsp3) is 0.571. The van der Waals surface area contributed by atoms with E-state index < -0.39 is 12.1 Å². The number of halogens is 1. The van der Waals surface area contributed by atoms with Gasteiger partial charge in [-0.3, -0.25) is 0 Å². The van der Waals surface area contributed by atoms with Crippen molar-refractivity contribution in [3.05, 3.63) is 29.3 Å². The highest BCUT2D eigenvalue weighted by Crippen LogP contribution is 2.35. The summed E-state index contributed by atoms with van der Waals surface area (Å²) >= 11 is 0. The molecule has 0 bridgehead atoms. The van der Waals surface area contributed by atoms with Gasteiger partial charge in [0.15, 0.2) is 0 Å². The second-order valence-corrected chi connectivity index (χ2v) is 5.12. The molecule has 0 saturated heterocycles. The van der Waals surface area contributed by atoms with Gasteiger partial charge in [-0.2, -0.15) is 0 Å². The molecule has 2 rings (SSSR count). The molecule has 1 aromatic carbocycles. The van der Waals surface area contributed by atoms with E-state index in [1.807, 2.05) is 19.1 Å². The number of rotatable bonds is 3. The van der Waals surface area contributed by atoms with Gasteiger partial charge in [0.2, 0.25) is 0 Å². The summed E-state index contributed by atoms with van der Waals surface area (Å²) < 4.78 is 0. The van der Waals surface area contributed by atoms with Crippen molar-refractivity contribution in [2.75, 3.05) is 0 Å². The zero-order valence-corrected chi connectivity index (χ0v) is 11.5. The van der Waals surface area contributed by atoms with Crippen molar-refractivity contribution in [3.8, 4) is 5.75 Å². The third kappa shape index (κ3) is 3.16. The van der Waals surface area contributed by atoms with Crippen LogP contribution in [-0.2, 0) is 0 Å². The number of phenolic OH excluding ortho intramolecular Hbond substituents is 1. The summed E-state index contributed by atoms with van der Waals surface area (Å²) in [7, 11) is 0. The molecule has 1 aliphatic carbocycles. The Bertz CT molecular complexity index is 391. The van der Waals surface area contributed by atoms with E-state index in [0.717, 1.165) is 18.4 Å². The highest BCUT2D eigenvalue weighted by atomic mass is 35.5. The van der Waals surface area contributed by atoms with Crippen LogP contribution in [0.4, 0.5) is 0 Å². The molecule has 4 heteroatoms. The third-order valence-electron chi connectivity index (χ3n) is 3.79. The second kappa shape index (κ2) is 6.41. The molecule has 1 aliphatic rings. The number of nitrogens with two attached hydrogens (primary N) is 1. The maximum atomic E-state index is 10.3. The van der Waals surface area contributed by atoms with Crippen LogP contribution in [-0.4, -0.2) is 16.3 Å². The Morgan fingerprint density at radius 1 is 1.28 bits per heavy atom. The van der Waals surface area contributed by atoms with Gasteiger partial charge in [-0.15, -0.1) is 12.4 Å². The highest BCUT2D eigenvalue weighted by molar-refractivity contribution is 5.85. The average Bonchev–Trinajstić information content (AvgIpc) is 2.84. The predicted molar refractivity (Wildman–Crippen MR) is 75.0 cm³/mol. The molecule has 0 aromatic heterocycles. The number of aromatic hydroxyl groups is 1. The predicted octanol–water partition coefficient (Wildman–Crippen LogP) is 2.67. The number of phenols is 1. The summed E-state index contributed by atoms with van der Waals surface area (Å²) in [4.78, 5) is 0. The third-order valence-corrected chi connectivity index (χ3v) is 3.79. The van der Waals surface area contributed by atoms with E-state index in [0.29, 0.717) is 5.56 Å². The summed E-state index contributed by atoms with van der Waals surface area (Å²) in [6.45, 7) is 1.96. The summed E-state index contributed by atoms with van der Waals surface area (Å²) in [5.74, 6) is 0.463. The van der Waals surface area contributed by atoms with Crippen molar-refractivity contribution in [1.29, 1.82) is 0 Å². The number of hydrogen-bond acceptors (Lipinski definition) is 3. The van der Waals surface area contributed by atoms with Gasteiger partial charge in [0, 0.05) is 5.56 Å². The van der Waals surface area contributed by atoms with Crippen LogP contribution in [0.15, 0.2) is 18.2 Å². The molecule has 3 nitrogen and oxygen atoms in total. The first-order chi connectivity index (χ1) is 8.09. The first-order valence-electron chi connectivity index (χ1n) is 6.33. The number of benzene rings is 1. The molecule has 18 heavy (non-hydrogen) atoms. The standard InChI is InChI=1S/C14H21NO2.ClH/c1-9-6-7-12(16)11(8-9)13(15)14(17)10-4-2-3-5-10;/h6-8,10,13-14,16-17H,2-5,15H2,1H3;1H/t13-,14+;/m1./s1. The van der Waals surface area contributed by atoms with Gasteiger partial charge < -0.3 is 15.9 Å². The molecule has 0 radical (unpaired) electrons. The molecule has 2 atom stereocenters. The van der Waals surface area contributed by atoms with Gasteiger partial charge in [0.05, 0.1) is 12.1 Å². The van der Waals surface area contributed by atoms with Gasteiger partial charge in [0.1, 0.15) is 5.75 Å². The minimum absolute atomic E-state index is 0. The molecule has 1 fully saturated rings. The molecule has 0 unspecified atom stereocenters. The Kier molecular flexibility index (Phi) is 5.45. The van der Waals surface area contributed by atoms with Crippen LogP contribution in [0.2, 0.25) is 0 Å². The molecule has 0 heterocycles. The van der Waals surface area contributed by atoms with E-state index in [1.165, 1.54) is 12.8 Å². The Labute approximate surface area is 114 Å². The summed E-state index contributed by atoms with van der Waals surface area (Å²) in [6.07, 6.45) is 3.89. The fourth-order valence-electron chi connectivity index (χ4n) is 2.72. The summed E-state index contributed by atoms with van der Waals surface area (Å²) in [6, 6.07) is 4.86. The largest absolute Gasteiger partial charge is 0.508 e. The van der Waals surface area contributed by atoms with Crippen LogP contribution >= 0.6 is 12.4 Å². The summed E-state index contributed by atoms with van der Waals surface area (Å²) in [5, 5.41) is 20.1. The zero-order valence-electron chi connectivity index (χ0n) is 10.7. The van der Waals surface area contributed by atoms with E-state index in [1.54, 1.807) is 6.07 Å². The highest BCUT2D eigenvalue weighted by Gasteiger charge is 2.29. The molecule has 102 valence electrons. The van der Waals surface area contributed by atoms with Gasteiger partial charge in [-0.25, -0.2) is 0 Å². The van der Waals surface area contributed by atoms with Crippen molar-refractivity contribution in [1.82, 2.24) is 0 Å². The topological polar surface area (TPSA) is 66.5 Å². The number of aliphatic hydroxyl groups excluding tert-OH is 1. The maximum Gasteiger partial charge on any atom is 0.120 e. The zero-order chi connectivity index (χ0) is 12.4. The Balaban J connectivity index is 0.00000162. The van der Waals surface area contributed by atoms with Crippen LogP contribution < -0.4 is 5.73 Å². The SMILES string of the molecule is Cc1ccc(O)c([C@@H](N)[C@@H](O)C2CCCC2)c1.Cl. The van der Waals surface area contributed by atoms with E-state index in [9.17, 15) is 10.2 Å². The maximum absolute atomic E-state index is 10.3. The van der Waals surface area contributed by atoms with Crippen molar-refractivity contribution >= 4 is 12.4 Å². The molecule has 1 saturated carbocycles. The van der Waals surface area contributed by atoms with Gasteiger partial charge in [0.25, 0.3) is 0 Å². The van der Waals surface area contributed by atoms with Crippen LogP contribution in [0.3, 0.4) is 0 Å². The van der Waals surface area contributed by atoms with Crippen LogP contribution in [0, 0.1) is 12.8 Å².